The number of carbonyl (C=O) groups excluding carboxylic acids is 1. The lowest BCUT2D eigenvalue weighted by Crippen LogP contribution is -2.23. The molecule has 2 unspecified atom stereocenters. The quantitative estimate of drug-likeness (QED) is 0.720. The van der Waals surface area contributed by atoms with Crippen LogP contribution in [0.5, 0.6) is 0 Å². The Hall–Kier alpha value is -1.09. The SMILES string of the molecule is COC(=O)CC(C)C(O)C1=CCCC=C1. The van der Waals surface area contributed by atoms with Crippen molar-refractivity contribution in [1.82, 2.24) is 0 Å². The van der Waals surface area contributed by atoms with Gasteiger partial charge in [0.05, 0.1) is 19.6 Å². The van der Waals surface area contributed by atoms with Gasteiger partial charge in [0.25, 0.3) is 0 Å². The molecule has 1 N–H and O–H groups in total. The van der Waals surface area contributed by atoms with E-state index in [1.54, 1.807) is 0 Å². The van der Waals surface area contributed by atoms with Gasteiger partial charge < -0.3 is 9.84 Å². The molecule has 0 aromatic heterocycles. The molecule has 0 aromatic carbocycles. The van der Waals surface area contributed by atoms with Crippen molar-refractivity contribution in [3.05, 3.63) is 23.8 Å². The van der Waals surface area contributed by atoms with Crippen LogP contribution in [0.4, 0.5) is 0 Å². The second-order valence-electron chi connectivity index (χ2n) is 3.89. The number of rotatable bonds is 4. The van der Waals surface area contributed by atoms with Gasteiger partial charge in [0, 0.05) is 0 Å². The van der Waals surface area contributed by atoms with E-state index >= 15 is 0 Å². The zero-order chi connectivity index (χ0) is 11.3. The Balaban J connectivity index is 2.51. The highest BCUT2D eigenvalue weighted by atomic mass is 16.5. The third-order valence-electron chi connectivity index (χ3n) is 2.62. The fourth-order valence-corrected chi connectivity index (χ4v) is 1.64. The van der Waals surface area contributed by atoms with E-state index < -0.39 is 6.10 Å². The van der Waals surface area contributed by atoms with Gasteiger partial charge >= 0.3 is 5.97 Å². The first-order valence-corrected chi connectivity index (χ1v) is 5.26. The van der Waals surface area contributed by atoms with Crippen LogP contribution in [0.25, 0.3) is 0 Å². The minimum absolute atomic E-state index is 0.105. The van der Waals surface area contributed by atoms with E-state index in [1.165, 1.54) is 7.11 Å². The van der Waals surface area contributed by atoms with Crippen molar-refractivity contribution >= 4 is 5.97 Å². The van der Waals surface area contributed by atoms with E-state index in [1.807, 2.05) is 25.2 Å². The third kappa shape index (κ3) is 3.51. The van der Waals surface area contributed by atoms with Crippen molar-refractivity contribution in [3.63, 3.8) is 0 Å². The Bertz CT molecular complexity index is 279. The Kier molecular flexibility index (Phi) is 4.56. The van der Waals surface area contributed by atoms with Crippen LogP contribution in [-0.2, 0) is 9.53 Å². The molecule has 3 heteroatoms. The second kappa shape index (κ2) is 5.71. The summed E-state index contributed by atoms with van der Waals surface area (Å²) in [6, 6.07) is 0. The first-order chi connectivity index (χ1) is 7.15. The summed E-state index contributed by atoms with van der Waals surface area (Å²) in [5.41, 5.74) is 0.914. The average Bonchev–Trinajstić information content (AvgIpc) is 2.29. The van der Waals surface area contributed by atoms with Crippen LogP contribution < -0.4 is 0 Å². The summed E-state index contributed by atoms with van der Waals surface area (Å²) in [5, 5.41) is 9.96. The number of methoxy groups -OCH3 is 1. The minimum atomic E-state index is -0.569. The highest BCUT2D eigenvalue weighted by Crippen LogP contribution is 2.21. The average molecular weight is 210 g/mol. The van der Waals surface area contributed by atoms with Crippen LogP contribution in [0.3, 0.4) is 0 Å². The molecular formula is C12H18O3. The van der Waals surface area contributed by atoms with Crippen molar-refractivity contribution in [3.8, 4) is 0 Å². The Morgan fingerprint density at radius 2 is 2.33 bits per heavy atom. The molecule has 15 heavy (non-hydrogen) atoms. The maximum absolute atomic E-state index is 11.0. The fraction of sp³-hybridized carbons (Fsp3) is 0.583. The first-order valence-electron chi connectivity index (χ1n) is 5.26. The molecule has 0 aromatic rings. The van der Waals surface area contributed by atoms with Gasteiger partial charge in [-0.2, -0.15) is 0 Å². The number of allylic oxidation sites excluding steroid dienone is 2. The minimum Gasteiger partial charge on any atom is -0.469 e. The van der Waals surface area contributed by atoms with Crippen LogP contribution >= 0.6 is 0 Å². The maximum atomic E-state index is 11.0. The second-order valence-corrected chi connectivity index (χ2v) is 3.89. The molecular weight excluding hydrogens is 192 g/mol. The molecule has 0 fully saturated rings. The maximum Gasteiger partial charge on any atom is 0.305 e. The lowest BCUT2D eigenvalue weighted by Gasteiger charge is -2.20. The van der Waals surface area contributed by atoms with Crippen molar-refractivity contribution < 1.29 is 14.6 Å². The van der Waals surface area contributed by atoms with Crippen molar-refractivity contribution in [2.75, 3.05) is 7.11 Å². The van der Waals surface area contributed by atoms with Crippen LogP contribution in [0, 0.1) is 5.92 Å². The molecule has 1 aliphatic carbocycles. The number of aliphatic hydroxyl groups excluding tert-OH is 1. The fourth-order valence-electron chi connectivity index (χ4n) is 1.64. The molecule has 0 heterocycles. The van der Waals surface area contributed by atoms with Crippen molar-refractivity contribution in [1.29, 1.82) is 0 Å². The van der Waals surface area contributed by atoms with E-state index in [4.69, 9.17) is 0 Å². The molecule has 0 saturated carbocycles. The highest BCUT2D eigenvalue weighted by molar-refractivity contribution is 5.69. The highest BCUT2D eigenvalue weighted by Gasteiger charge is 2.20. The summed E-state index contributed by atoms with van der Waals surface area (Å²) < 4.78 is 4.57. The van der Waals surface area contributed by atoms with E-state index in [9.17, 15) is 9.90 Å². The number of ether oxygens (including phenoxy) is 1. The monoisotopic (exact) mass is 210 g/mol. The molecule has 0 radical (unpaired) electrons. The van der Waals surface area contributed by atoms with Crippen LogP contribution in [0.1, 0.15) is 26.2 Å². The molecule has 3 nitrogen and oxygen atoms in total. The predicted octanol–water partition coefficient (Wildman–Crippen LogP) is 1.82. The summed E-state index contributed by atoms with van der Waals surface area (Å²) >= 11 is 0. The van der Waals surface area contributed by atoms with Gasteiger partial charge in [0.15, 0.2) is 0 Å². The van der Waals surface area contributed by atoms with Gasteiger partial charge in [-0.15, -0.1) is 0 Å². The summed E-state index contributed by atoms with van der Waals surface area (Å²) in [5.74, 6) is -0.381. The van der Waals surface area contributed by atoms with E-state index in [-0.39, 0.29) is 18.3 Å². The van der Waals surface area contributed by atoms with Crippen LogP contribution in [0.15, 0.2) is 23.8 Å². The van der Waals surface area contributed by atoms with Gasteiger partial charge in [0.2, 0.25) is 0 Å². The summed E-state index contributed by atoms with van der Waals surface area (Å²) in [7, 11) is 1.36. The predicted molar refractivity (Wildman–Crippen MR) is 58.3 cm³/mol. The topological polar surface area (TPSA) is 46.5 Å². The Labute approximate surface area is 90.4 Å². The van der Waals surface area contributed by atoms with Crippen LogP contribution in [0.2, 0.25) is 0 Å². The number of hydrogen-bond donors (Lipinski definition) is 1. The van der Waals surface area contributed by atoms with Crippen LogP contribution in [-0.4, -0.2) is 24.3 Å². The number of hydrogen-bond acceptors (Lipinski definition) is 3. The molecule has 84 valence electrons. The third-order valence-corrected chi connectivity index (χ3v) is 2.62. The van der Waals surface area contributed by atoms with E-state index in [2.05, 4.69) is 4.74 Å². The molecule has 1 rings (SSSR count). The van der Waals surface area contributed by atoms with Gasteiger partial charge in [-0.1, -0.05) is 25.2 Å². The molecule has 0 aliphatic heterocycles. The lowest BCUT2D eigenvalue weighted by molar-refractivity contribution is -0.142. The zero-order valence-electron chi connectivity index (χ0n) is 9.27. The van der Waals surface area contributed by atoms with E-state index in [0.29, 0.717) is 0 Å². The summed E-state index contributed by atoms with van der Waals surface area (Å²) in [6.45, 7) is 1.85. The normalized spacial score (nSPS) is 19.3. The number of esters is 1. The van der Waals surface area contributed by atoms with Gasteiger partial charge in [-0.05, 0) is 24.3 Å². The first kappa shape index (κ1) is 12.0. The summed E-state index contributed by atoms with van der Waals surface area (Å²) in [4.78, 5) is 11.0. The smallest absolute Gasteiger partial charge is 0.305 e. The van der Waals surface area contributed by atoms with Crippen molar-refractivity contribution in [2.45, 2.75) is 32.3 Å². The number of carbonyl (C=O) groups is 1. The van der Waals surface area contributed by atoms with Crippen molar-refractivity contribution in [2.24, 2.45) is 5.92 Å². The van der Waals surface area contributed by atoms with E-state index in [0.717, 1.165) is 18.4 Å². The molecule has 0 spiro atoms. The van der Waals surface area contributed by atoms with Gasteiger partial charge in [0.1, 0.15) is 0 Å². The largest absolute Gasteiger partial charge is 0.469 e. The van der Waals surface area contributed by atoms with Gasteiger partial charge in [-0.3, -0.25) is 4.79 Å². The Morgan fingerprint density at radius 3 is 2.87 bits per heavy atom. The standard InChI is InChI=1S/C12H18O3/c1-9(8-11(13)15-2)12(14)10-6-4-3-5-7-10/h4,6-7,9,12,14H,3,5,8H2,1-2H3. The molecule has 0 bridgehead atoms. The lowest BCUT2D eigenvalue weighted by atomic mass is 9.91. The molecule has 0 amide bonds. The summed E-state index contributed by atoms with van der Waals surface area (Å²) in [6.07, 6.45) is 7.68. The zero-order valence-corrected chi connectivity index (χ0v) is 9.27. The Morgan fingerprint density at radius 1 is 1.60 bits per heavy atom. The molecule has 0 saturated heterocycles. The van der Waals surface area contributed by atoms with Gasteiger partial charge in [-0.25, -0.2) is 0 Å². The molecule has 2 atom stereocenters. The molecule has 1 aliphatic rings. The number of aliphatic hydroxyl groups is 1.